The summed E-state index contributed by atoms with van der Waals surface area (Å²) in [5.41, 5.74) is 1.39. The lowest BCUT2D eigenvalue weighted by Gasteiger charge is -2.30. The van der Waals surface area contributed by atoms with Gasteiger partial charge in [-0.15, -0.1) is 0 Å². The minimum Gasteiger partial charge on any atom is -0.481 e. The summed E-state index contributed by atoms with van der Waals surface area (Å²) < 4.78 is 24.1. The monoisotopic (exact) mass is 268 g/mol. The number of carboxylic acids is 1. The first-order valence-corrected chi connectivity index (χ1v) is 7.08. The second kappa shape index (κ2) is 4.41. The molecule has 1 aromatic carbocycles. The number of sulfonamides is 1. The van der Waals surface area contributed by atoms with Gasteiger partial charge in [-0.1, -0.05) is 24.3 Å². The Bertz CT molecular complexity index is 609. The molecule has 1 aliphatic rings. The number of rotatable bonds is 3. The van der Waals surface area contributed by atoms with E-state index in [1.807, 2.05) is 0 Å². The molecule has 1 aromatic rings. The normalized spacial score (nSPS) is 18.5. The SMILES string of the molecule is CS(=O)(=O)N1N=Cc2ccccc2C1CC(=O)O. The van der Waals surface area contributed by atoms with Crippen molar-refractivity contribution in [3.63, 3.8) is 0 Å². The number of carboxylic acid groups (broad SMARTS) is 1. The first kappa shape index (κ1) is 12.6. The summed E-state index contributed by atoms with van der Waals surface area (Å²) >= 11 is 0. The molecule has 1 atom stereocenters. The molecule has 0 bridgehead atoms. The molecular weight excluding hydrogens is 256 g/mol. The van der Waals surface area contributed by atoms with E-state index in [-0.39, 0.29) is 6.42 Å². The maximum absolute atomic E-state index is 11.6. The topological polar surface area (TPSA) is 87.0 Å². The van der Waals surface area contributed by atoms with E-state index in [1.165, 1.54) is 6.21 Å². The van der Waals surface area contributed by atoms with Crippen LogP contribution in [-0.2, 0) is 14.8 Å². The van der Waals surface area contributed by atoms with Crippen molar-refractivity contribution in [1.29, 1.82) is 0 Å². The van der Waals surface area contributed by atoms with Crippen molar-refractivity contribution in [3.05, 3.63) is 35.4 Å². The average Bonchev–Trinajstić information content (AvgIpc) is 2.27. The first-order valence-electron chi connectivity index (χ1n) is 5.23. The summed E-state index contributed by atoms with van der Waals surface area (Å²) in [6.45, 7) is 0. The fourth-order valence-electron chi connectivity index (χ4n) is 1.92. The highest BCUT2D eigenvalue weighted by atomic mass is 32.2. The number of hydrogen-bond acceptors (Lipinski definition) is 4. The van der Waals surface area contributed by atoms with Crippen molar-refractivity contribution in [2.24, 2.45) is 5.10 Å². The Morgan fingerprint density at radius 2 is 2.11 bits per heavy atom. The maximum atomic E-state index is 11.6. The molecule has 0 aromatic heterocycles. The van der Waals surface area contributed by atoms with Crippen LogP contribution < -0.4 is 0 Å². The zero-order valence-corrected chi connectivity index (χ0v) is 10.5. The standard InChI is InChI=1S/C11H12N2O4S/c1-18(16,17)13-10(6-11(14)15)9-5-3-2-4-8(9)7-12-13/h2-5,7,10H,6H2,1H3,(H,14,15). The number of hydrazone groups is 1. The van der Waals surface area contributed by atoms with Crippen molar-refractivity contribution in [2.75, 3.05) is 6.26 Å². The summed E-state index contributed by atoms with van der Waals surface area (Å²) in [6.07, 6.45) is 2.11. The highest BCUT2D eigenvalue weighted by Crippen LogP contribution is 2.32. The summed E-state index contributed by atoms with van der Waals surface area (Å²) in [6, 6.07) is 6.23. The lowest BCUT2D eigenvalue weighted by molar-refractivity contribution is -0.138. The number of nitrogens with zero attached hydrogens (tertiary/aromatic N) is 2. The Balaban J connectivity index is 2.51. The van der Waals surface area contributed by atoms with E-state index >= 15 is 0 Å². The quantitative estimate of drug-likeness (QED) is 0.878. The van der Waals surface area contributed by atoms with Crippen molar-refractivity contribution < 1.29 is 18.3 Å². The molecule has 6 nitrogen and oxygen atoms in total. The van der Waals surface area contributed by atoms with Gasteiger partial charge in [0.25, 0.3) is 0 Å². The van der Waals surface area contributed by atoms with Crippen LogP contribution >= 0.6 is 0 Å². The molecule has 1 unspecified atom stereocenters. The second-order valence-corrected chi connectivity index (χ2v) is 5.86. The van der Waals surface area contributed by atoms with Crippen LogP contribution in [0.25, 0.3) is 0 Å². The lowest BCUT2D eigenvalue weighted by Crippen LogP contribution is -2.34. The van der Waals surface area contributed by atoms with Gasteiger partial charge in [0.1, 0.15) is 0 Å². The molecule has 0 radical (unpaired) electrons. The predicted molar refractivity (Wildman–Crippen MR) is 65.7 cm³/mol. The Hall–Kier alpha value is -1.89. The first-order chi connectivity index (χ1) is 8.39. The summed E-state index contributed by atoms with van der Waals surface area (Å²) in [5.74, 6) is -1.07. The molecule has 96 valence electrons. The van der Waals surface area contributed by atoms with Gasteiger partial charge < -0.3 is 5.11 Å². The lowest BCUT2D eigenvalue weighted by atomic mass is 9.98. The molecule has 0 fully saturated rings. The Labute approximate surface area is 105 Å². The molecule has 1 heterocycles. The third-order valence-electron chi connectivity index (χ3n) is 2.64. The van der Waals surface area contributed by atoms with E-state index in [4.69, 9.17) is 5.11 Å². The largest absolute Gasteiger partial charge is 0.481 e. The van der Waals surface area contributed by atoms with Gasteiger partial charge in [-0.2, -0.15) is 9.52 Å². The molecule has 7 heteroatoms. The predicted octanol–water partition coefficient (Wildman–Crippen LogP) is 0.812. The van der Waals surface area contributed by atoms with Gasteiger partial charge in [0.15, 0.2) is 0 Å². The van der Waals surface area contributed by atoms with Crippen LogP contribution in [0, 0.1) is 0 Å². The Kier molecular flexibility index (Phi) is 3.08. The molecule has 0 spiro atoms. The molecule has 0 amide bonds. The maximum Gasteiger partial charge on any atom is 0.305 e. The smallest absolute Gasteiger partial charge is 0.305 e. The summed E-state index contributed by atoms with van der Waals surface area (Å²) in [5, 5.41) is 12.7. The number of carbonyl (C=O) groups is 1. The minimum absolute atomic E-state index is 0.318. The van der Waals surface area contributed by atoms with E-state index < -0.39 is 22.0 Å². The van der Waals surface area contributed by atoms with Crippen LogP contribution in [0.15, 0.2) is 29.4 Å². The molecule has 0 saturated heterocycles. The van der Waals surface area contributed by atoms with Crippen molar-refractivity contribution in [2.45, 2.75) is 12.5 Å². The molecule has 0 saturated carbocycles. The van der Waals surface area contributed by atoms with E-state index in [0.717, 1.165) is 16.2 Å². The van der Waals surface area contributed by atoms with Crippen molar-refractivity contribution in [1.82, 2.24) is 4.41 Å². The molecule has 0 aliphatic carbocycles. The van der Waals surface area contributed by atoms with Gasteiger partial charge in [0.2, 0.25) is 10.0 Å². The molecule has 1 N–H and O–H groups in total. The fourth-order valence-corrected chi connectivity index (χ4v) is 2.79. The Morgan fingerprint density at radius 1 is 1.44 bits per heavy atom. The van der Waals surface area contributed by atoms with Crippen LogP contribution in [0.2, 0.25) is 0 Å². The second-order valence-electron chi connectivity index (χ2n) is 4.02. The van der Waals surface area contributed by atoms with Gasteiger partial charge >= 0.3 is 5.97 Å². The highest BCUT2D eigenvalue weighted by Gasteiger charge is 2.32. The molecule has 2 rings (SSSR count). The molecular formula is C11H12N2O4S. The van der Waals surface area contributed by atoms with E-state index in [0.29, 0.717) is 5.56 Å². The molecule has 18 heavy (non-hydrogen) atoms. The average molecular weight is 268 g/mol. The zero-order chi connectivity index (χ0) is 13.3. The molecule has 1 aliphatic heterocycles. The van der Waals surface area contributed by atoms with Gasteiger partial charge in [0, 0.05) is 0 Å². The van der Waals surface area contributed by atoms with E-state index in [9.17, 15) is 13.2 Å². The minimum atomic E-state index is -3.59. The van der Waals surface area contributed by atoms with Gasteiger partial charge in [-0.05, 0) is 11.1 Å². The number of benzene rings is 1. The zero-order valence-electron chi connectivity index (χ0n) is 9.65. The van der Waals surface area contributed by atoms with E-state index in [1.54, 1.807) is 24.3 Å². The Morgan fingerprint density at radius 3 is 2.72 bits per heavy atom. The highest BCUT2D eigenvalue weighted by molar-refractivity contribution is 7.88. The van der Waals surface area contributed by atoms with Crippen LogP contribution in [0.1, 0.15) is 23.6 Å². The van der Waals surface area contributed by atoms with Crippen LogP contribution in [0.5, 0.6) is 0 Å². The van der Waals surface area contributed by atoms with Crippen LogP contribution in [0.3, 0.4) is 0 Å². The number of fused-ring (bicyclic) bond motifs is 1. The number of aliphatic carboxylic acids is 1. The fraction of sp³-hybridized carbons (Fsp3) is 0.273. The van der Waals surface area contributed by atoms with Gasteiger partial charge in [-0.3, -0.25) is 4.79 Å². The van der Waals surface area contributed by atoms with Crippen LogP contribution in [-0.4, -0.2) is 36.4 Å². The van der Waals surface area contributed by atoms with Gasteiger partial charge in [-0.25, -0.2) is 8.42 Å². The van der Waals surface area contributed by atoms with E-state index in [2.05, 4.69) is 5.10 Å². The number of hydrogen-bond donors (Lipinski definition) is 1. The van der Waals surface area contributed by atoms with Gasteiger partial charge in [0.05, 0.1) is 24.9 Å². The third-order valence-corrected chi connectivity index (χ3v) is 3.67. The third kappa shape index (κ3) is 2.35. The van der Waals surface area contributed by atoms with Crippen LogP contribution in [0.4, 0.5) is 0 Å². The van der Waals surface area contributed by atoms with Crippen molar-refractivity contribution in [3.8, 4) is 0 Å². The summed E-state index contributed by atoms with van der Waals surface area (Å²) in [7, 11) is -3.59. The van der Waals surface area contributed by atoms with Crippen molar-refractivity contribution >= 4 is 22.2 Å². The summed E-state index contributed by atoms with van der Waals surface area (Å²) in [4.78, 5) is 10.9.